The average molecular weight is 450 g/mol. The Bertz CT molecular complexity index is 1340. The molecule has 33 heavy (non-hydrogen) atoms. The highest BCUT2D eigenvalue weighted by Gasteiger charge is 2.16. The fraction of sp³-hybridized carbons (Fsp3) is 0.292. The zero-order valence-corrected chi connectivity index (χ0v) is 18.6. The number of likely N-dealkylation sites (N-methyl/N-ethyl adjacent to an activating group) is 1. The predicted molar refractivity (Wildman–Crippen MR) is 128 cm³/mol. The molecule has 172 valence electrons. The maximum absolute atomic E-state index is 12.5. The van der Waals surface area contributed by atoms with Crippen LogP contribution in [0.3, 0.4) is 0 Å². The highest BCUT2D eigenvalue weighted by molar-refractivity contribution is 5.83. The Labute approximate surface area is 190 Å². The number of carboxylic acid groups (broad SMARTS) is 1. The molecule has 0 aliphatic carbocycles. The fourth-order valence-electron chi connectivity index (χ4n) is 3.76. The molecular formula is C24H27N5O4. The van der Waals surface area contributed by atoms with E-state index < -0.39 is 12.1 Å². The van der Waals surface area contributed by atoms with Gasteiger partial charge >= 0.3 is 5.97 Å². The lowest BCUT2D eigenvalue weighted by atomic mass is 10.2. The molecule has 0 radical (unpaired) electrons. The Morgan fingerprint density at radius 1 is 1.06 bits per heavy atom. The largest absolute Gasteiger partial charge is 0.479 e. The predicted octanol–water partition coefficient (Wildman–Crippen LogP) is 2.07. The number of hydrogen-bond donors (Lipinski definition) is 3. The maximum atomic E-state index is 12.5. The Morgan fingerprint density at radius 2 is 1.76 bits per heavy atom. The van der Waals surface area contributed by atoms with Gasteiger partial charge < -0.3 is 25.0 Å². The summed E-state index contributed by atoms with van der Waals surface area (Å²) in [5, 5.41) is 16.8. The summed E-state index contributed by atoms with van der Waals surface area (Å²) < 4.78 is 1.64. The number of anilines is 1. The third kappa shape index (κ3) is 4.89. The number of aliphatic hydroxyl groups is 1. The number of benzene rings is 2. The van der Waals surface area contributed by atoms with Gasteiger partial charge in [0.15, 0.2) is 0 Å². The van der Waals surface area contributed by atoms with Gasteiger partial charge in [0.2, 0.25) is 5.95 Å². The number of carboxylic acids is 1. The van der Waals surface area contributed by atoms with Gasteiger partial charge in [0.05, 0.1) is 16.6 Å². The van der Waals surface area contributed by atoms with Crippen molar-refractivity contribution in [2.75, 3.05) is 38.1 Å². The first-order valence-electron chi connectivity index (χ1n) is 10.8. The molecule has 1 fully saturated rings. The summed E-state index contributed by atoms with van der Waals surface area (Å²) >= 11 is 0. The van der Waals surface area contributed by atoms with Crippen LogP contribution in [0.1, 0.15) is 6.92 Å². The second-order valence-corrected chi connectivity index (χ2v) is 8.13. The molecule has 0 bridgehead atoms. The first-order valence-corrected chi connectivity index (χ1v) is 10.8. The van der Waals surface area contributed by atoms with E-state index in [1.165, 1.54) is 12.6 Å². The van der Waals surface area contributed by atoms with Gasteiger partial charge in [-0.3, -0.25) is 4.79 Å². The number of para-hydroxylation sites is 1. The molecule has 1 atom stereocenters. The number of hydrogen-bond acceptors (Lipinski definition) is 6. The molecule has 0 saturated carbocycles. The second kappa shape index (κ2) is 9.43. The van der Waals surface area contributed by atoms with Crippen molar-refractivity contribution in [1.29, 1.82) is 0 Å². The fourth-order valence-corrected chi connectivity index (χ4v) is 3.76. The molecule has 9 heteroatoms. The molecular weight excluding hydrogens is 422 g/mol. The summed E-state index contributed by atoms with van der Waals surface area (Å²) in [7, 11) is 2.16. The van der Waals surface area contributed by atoms with Crippen molar-refractivity contribution in [1.82, 2.24) is 19.4 Å². The van der Waals surface area contributed by atoms with Crippen LogP contribution in [0.4, 0.5) is 5.69 Å². The minimum atomic E-state index is -1.23. The van der Waals surface area contributed by atoms with Crippen LogP contribution in [-0.4, -0.2) is 74.9 Å². The number of rotatable bonds is 3. The number of aliphatic hydroxyl groups excluding tert-OH is 1. The van der Waals surface area contributed by atoms with E-state index in [0.29, 0.717) is 5.95 Å². The monoisotopic (exact) mass is 449 g/mol. The van der Waals surface area contributed by atoms with Crippen LogP contribution in [0.25, 0.3) is 27.9 Å². The lowest BCUT2D eigenvalue weighted by Crippen LogP contribution is -2.44. The highest BCUT2D eigenvalue weighted by Crippen LogP contribution is 2.23. The molecule has 0 spiro atoms. The van der Waals surface area contributed by atoms with Gasteiger partial charge in [-0.1, -0.05) is 18.2 Å². The number of pyridine rings is 1. The van der Waals surface area contributed by atoms with Crippen molar-refractivity contribution in [3.8, 4) is 5.95 Å². The van der Waals surface area contributed by atoms with Gasteiger partial charge in [-0.25, -0.2) is 14.3 Å². The third-order valence-electron chi connectivity index (χ3n) is 5.69. The number of carbonyl (C=O) groups is 1. The summed E-state index contributed by atoms with van der Waals surface area (Å²) in [5.41, 5.74) is 3.76. The number of aliphatic carboxylic acids is 1. The summed E-state index contributed by atoms with van der Waals surface area (Å²) in [6.07, 6.45) is -1.23. The van der Waals surface area contributed by atoms with E-state index in [4.69, 9.17) is 10.2 Å². The third-order valence-corrected chi connectivity index (χ3v) is 5.69. The van der Waals surface area contributed by atoms with E-state index in [2.05, 4.69) is 38.9 Å². The number of H-pyrrole nitrogens is 1. The molecule has 2 aromatic carbocycles. The van der Waals surface area contributed by atoms with Crippen molar-refractivity contribution in [2.45, 2.75) is 13.0 Å². The van der Waals surface area contributed by atoms with E-state index in [0.717, 1.165) is 48.1 Å². The molecule has 3 heterocycles. The van der Waals surface area contributed by atoms with Crippen LogP contribution in [0.5, 0.6) is 0 Å². The molecule has 3 N–H and O–H groups in total. The lowest BCUT2D eigenvalue weighted by Gasteiger charge is -2.34. The molecule has 2 aromatic heterocycles. The van der Waals surface area contributed by atoms with Crippen molar-refractivity contribution >= 4 is 33.6 Å². The van der Waals surface area contributed by atoms with Crippen LogP contribution in [0.15, 0.2) is 59.4 Å². The van der Waals surface area contributed by atoms with Crippen LogP contribution >= 0.6 is 0 Å². The van der Waals surface area contributed by atoms with E-state index in [-0.39, 0.29) is 5.56 Å². The number of aromatic amines is 1. The van der Waals surface area contributed by atoms with Crippen LogP contribution in [0, 0.1) is 0 Å². The highest BCUT2D eigenvalue weighted by atomic mass is 16.4. The van der Waals surface area contributed by atoms with Gasteiger partial charge in [0.1, 0.15) is 6.10 Å². The van der Waals surface area contributed by atoms with E-state index >= 15 is 0 Å². The molecule has 0 amide bonds. The van der Waals surface area contributed by atoms with Gasteiger partial charge in [-0.2, -0.15) is 0 Å². The zero-order chi connectivity index (χ0) is 23.5. The van der Waals surface area contributed by atoms with Crippen LogP contribution in [-0.2, 0) is 4.79 Å². The minimum absolute atomic E-state index is 0.0907. The summed E-state index contributed by atoms with van der Waals surface area (Å²) in [6.45, 7) is 5.37. The van der Waals surface area contributed by atoms with Crippen molar-refractivity contribution in [3.63, 3.8) is 0 Å². The molecule has 4 aromatic rings. The topological polar surface area (TPSA) is 115 Å². The van der Waals surface area contributed by atoms with Gasteiger partial charge in [0, 0.05) is 37.9 Å². The number of nitrogens with zero attached hydrogens (tertiary/aromatic N) is 4. The lowest BCUT2D eigenvalue weighted by molar-refractivity contribution is -0.145. The number of nitrogens with one attached hydrogen (secondary N) is 1. The summed E-state index contributed by atoms with van der Waals surface area (Å²) in [4.78, 5) is 34.8. The normalized spacial score (nSPS) is 15.3. The van der Waals surface area contributed by atoms with Crippen molar-refractivity contribution < 1.29 is 15.0 Å². The Balaban J connectivity index is 0.000000385. The summed E-state index contributed by atoms with van der Waals surface area (Å²) in [6, 6.07) is 17.6. The SMILES string of the molecule is CC(O)C(=O)O.CN1CCN(c2ccc3nc(-n4c(=O)ccc5ccccc54)[nH]c3c2)CC1. The number of aromatic nitrogens is 3. The summed E-state index contributed by atoms with van der Waals surface area (Å²) in [5.74, 6) is -0.627. The van der Waals surface area contributed by atoms with Gasteiger partial charge in [-0.15, -0.1) is 0 Å². The van der Waals surface area contributed by atoms with Gasteiger partial charge in [0.25, 0.3) is 5.56 Å². The smallest absolute Gasteiger partial charge is 0.332 e. The molecule has 1 saturated heterocycles. The Morgan fingerprint density at radius 3 is 2.45 bits per heavy atom. The first-order chi connectivity index (χ1) is 15.8. The number of piperazine rings is 1. The molecule has 5 rings (SSSR count). The van der Waals surface area contributed by atoms with Gasteiger partial charge in [-0.05, 0) is 49.7 Å². The van der Waals surface area contributed by atoms with Crippen LogP contribution < -0.4 is 10.5 Å². The Kier molecular flexibility index (Phi) is 6.43. The molecule has 1 aliphatic heterocycles. The van der Waals surface area contributed by atoms with Crippen molar-refractivity contribution in [3.05, 3.63) is 65.0 Å². The standard InChI is InChI=1S/C21H21N5O.C3H6O3/c1-24-10-12-25(13-11-24)16-7-8-17-18(14-16)23-21(22-17)26-19-5-3-2-4-15(19)6-9-20(26)27;1-2(4)3(5)6/h2-9,14H,10-13H2,1H3,(H,22,23);2,4H,1H3,(H,5,6). The van der Waals surface area contributed by atoms with Crippen molar-refractivity contribution in [2.24, 2.45) is 0 Å². The van der Waals surface area contributed by atoms with E-state index in [9.17, 15) is 9.59 Å². The first kappa shape index (κ1) is 22.5. The minimum Gasteiger partial charge on any atom is -0.479 e. The number of fused-ring (bicyclic) bond motifs is 2. The Hall–Kier alpha value is -3.69. The maximum Gasteiger partial charge on any atom is 0.332 e. The molecule has 1 aliphatic rings. The average Bonchev–Trinajstić information content (AvgIpc) is 3.22. The van der Waals surface area contributed by atoms with E-state index in [1.54, 1.807) is 10.6 Å². The molecule has 9 nitrogen and oxygen atoms in total. The zero-order valence-electron chi connectivity index (χ0n) is 18.6. The number of imidazole rings is 1. The van der Waals surface area contributed by atoms with Crippen LogP contribution in [0.2, 0.25) is 0 Å². The quantitative estimate of drug-likeness (QED) is 0.439. The molecule has 1 unspecified atom stereocenters. The second-order valence-electron chi connectivity index (χ2n) is 8.13. The van der Waals surface area contributed by atoms with E-state index in [1.807, 2.05) is 36.4 Å².